The molecule has 1 aromatic heterocycles. The van der Waals surface area contributed by atoms with Crippen LogP contribution in [-0.4, -0.2) is 16.0 Å². The van der Waals surface area contributed by atoms with Crippen LogP contribution in [0.25, 0.3) is 0 Å². The highest BCUT2D eigenvalue weighted by Crippen LogP contribution is 2.16. The van der Waals surface area contributed by atoms with Crippen molar-refractivity contribution in [2.24, 2.45) is 0 Å². The van der Waals surface area contributed by atoms with Gasteiger partial charge < -0.3 is 10.4 Å². The molecule has 2 N–H and O–H groups in total. The molecule has 0 saturated carbocycles. The zero-order chi connectivity index (χ0) is 13.0. The second-order valence-electron chi connectivity index (χ2n) is 3.65. The summed E-state index contributed by atoms with van der Waals surface area (Å²) < 4.78 is 0.501. The molecule has 0 aliphatic rings. The Morgan fingerprint density at radius 3 is 2.89 bits per heavy atom. The number of aliphatic hydroxyl groups is 1. The minimum absolute atomic E-state index is 0.0553. The smallest absolute Gasteiger partial charge is 0.258 e. The molecular weight excluding hydrogens is 296 g/mol. The summed E-state index contributed by atoms with van der Waals surface area (Å²) in [5.41, 5.74) is 1.85. The summed E-state index contributed by atoms with van der Waals surface area (Å²) >= 11 is 3.23. The number of nitrogens with one attached hydrogen (secondary N) is 1. The summed E-state index contributed by atoms with van der Waals surface area (Å²) in [6.45, 7) is -0.0553. The molecule has 0 aliphatic carbocycles. The number of nitrogens with zero attached hydrogens (tertiary/aromatic N) is 1. The number of benzene rings is 1. The molecule has 0 bridgehead atoms. The first kappa shape index (κ1) is 12.7. The molecule has 0 fully saturated rings. The van der Waals surface area contributed by atoms with E-state index in [1.54, 1.807) is 42.6 Å². The van der Waals surface area contributed by atoms with Gasteiger partial charge in [-0.15, -0.1) is 0 Å². The number of aromatic nitrogens is 1. The van der Waals surface area contributed by atoms with Gasteiger partial charge in [0.05, 0.1) is 12.2 Å². The Kier molecular flexibility index (Phi) is 4.07. The Morgan fingerprint density at radius 1 is 1.33 bits per heavy atom. The van der Waals surface area contributed by atoms with Crippen molar-refractivity contribution in [1.29, 1.82) is 0 Å². The monoisotopic (exact) mass is 306 g/mol. The molecule has 1 heterocycles. The third-order valence-corrected chi connectivity index (χ3v) is 3.00. The lowest BCUT2D eigenvalue weighted by Gasteiger charge is -2.07. The highest BCUT2D eigenvalue weighted by molar-refractivity contribution is 9.10. The quantitative estimate of drug-likeness (QED) is 0.857. The topological polar surface area (TPSA) is 62.2 Å². The maximum atomic E-state index is 12.0. The summed E-state index contributed by atoms with van der Waals surface area (Å²) in [5.74, 6) is -0.245. The van der Waals surface area contributed by atoms with Crippen LogP contribution < -0.4 is 5.32 Å². The van der Waals surface area contributed by atoms with Crippen LogP contribution in [0, 0.1) is 0 Å². The van der Waals surface area contributed by atoms with E-state index in [2.05, 4.69) is 26.2 Å². The number of pyridine rings is 1. The molecule has 0 spiro atoms. The van der Waals surface area contributed by atoms with E-state index in [-0.39, 0.29) is 12.5 Å². The Hall–Kier alpha value is -1.72. The molecule has 2 aromatic rings. The van der Waals surface area contributed by atoms with Crippen molar-refractivity contribution in [3.8, 4) is 0 Å². The van der Waals surface area contributed by atoms with Crippen LogP contribution in [0.3, 0.4) is 0 Å². The van der Waals surface area contributed by atoms with E-state index >= 15 is 0 Å². The van der Waals surface area contributed by atoms with E-state index in [4.69, 9.17) is 5.11 Å². The van der Waals surface area contributed by atoms with Gasteiger partial charge in [-0.2, -0.15) is 0 Å². The molecule has 0 aliphatic heterocycles. The van der Waals surface area contributed by atoms with Crippen molar-refractivity contribution in [3.63, 3.8) is 0 Å². The van der Waals surface area contributed by atoms with Gasteiger partial charge in [0.15, 0.2) is 0 Å². The van der Waals surface area contributed by atoms with E-state index in [9.17, 15) is 4.79 Å². The molecule has 5 heteroatoms. The molecule has 2 rings (SSSR count). The first-order valence-electron chi connectivity index (χ1n) is 5.32. The van der Waals surface area contributed by atoms with Crippen molar-refractivity contribution in [1.82, 2.24) is 4.98 Å². The molecule has 1 amide bonds. The number of halogens is 1. The minimum atomic E-state index is -0.245. The molecule has 0 atom stereocenters. The number of hydrogen-bond donors (Lipinski definition) is 2. The fourth-order valence-corrected chi connectivity index (χ4v) is 1.93. The van der Waals surface area contributed by atoms with Crippen LogP contribution in [-0.2, 0) is 6.61 Å². The summed E-state index contributed by atoms with van der Waals surface area (Å²) in [5, 5.41) is 11.8. The van der Waals surface area contributed by atoms with E-state index in [1.807, 2.05) is 0 Å². The summed E-state index contributed by atoms with van der Waals surface area (Å²) in [4.78, 5) is 16.0. The standard InChI is InChI=1S/C13H11BrN2O2/c14-12-11(5-2-6-15-12)13(18)16-10-4-1-3-9(7-10)8-17/h1-7,17H,8H2,(H,16,18). The van der Waals surface area contributed by atoms with Crippen molar-refractivity contribution >= 4 is 27.5 Å². The number of anilines is 1. The largest absolute Gasteiger partial charge is 0.392 e. The number of rotatable bonds is 3. The number of carbonyl (C=O) groups is 1. The SMILES string of the molecule is O=C(Nc1cccc(CO)c1)c1cccnc1Br. The van der Waals surface area contributed by atoms with Gasteiger partial charge in [0.1, 0.15) is 4.60 Å². The summed E-state index contributed by atoms with van der Waals surface area (Å²) in [6, 6.07) is 10.4. The van der Waals surface area contributed by atoms with Crippen LogP contribution in [0.4, 0.5) is 5.69 Å². The van der Waals surface area contributed by atoms with Crippen molar-refractivity contribution in [3.05, 3.63) is 58.3 Å². The summed E-state index contributed by atoms with van der Waals surface area (Å²) in [6.07, 6.45) is 1.60. The maximum absolute atomic E-state index is 12.0. The molecule has 0 unspecified atom stereocenters. The lowest BCUT2D eigenvalue weighted by molar-refractivity contribution is 0.102. The van der Waals surface area contributed by atoms with Crippen molar-refractivity contribution in [2.75, 3.05) is 5.32 Å². The van der Waals surface area contributed by atoms with E-state index in [0.29, 0.717) is 15.9 Å². The first-order valence-corrected chi connectivity index (χ1v) is 6.11. The average Bonchev–Trinajstić information content (AvgIpc) is 2.39. The van der Waals surface area contributed by atoms with Gasteiger partial charge in [0.2, 0.25) is 0 Å². The third-order valence-electron chi connectivity index (χ3n) is 2.37. The Bertz CT molecular complexity index is 572. The van der Waals surface area contributed by atoms with Gasteiger partial charge in [-0.25, -0.2) is 4.98 Å². The molecule has 92 valence electrons. The van der Waals surface area contributed by atoms with Crippen molar-refractivity contribution in [2.45, 2.75) is 6.61 Å². The molecule has 18 heavy (non-hydrogen) atoms. The minimum Gasteiger partial charge on any atom is -0.392 e. The predicted molar refractivity (Wildman–Crippen MR) is 72.3 cm³/mol. The van der Waals surface area contributed by atoms with Gasteiger partial charge in [-0.3, -0.25) is 4.79 Å². The van der Waals surface area contributed by atoms with Crippen LogP contribution >= 0.6 is 15.9 Å². The average molecular weight is 307 g/mol. The zero-order valence-electron chi connectivity index (χ0n) is 9.43. The molecular formula is C13H11BrN2O2. The number of carbonyl (C=O) groups excluding carboxylic acids is 1. The van der Waals surface area contributed by atoms with E-state index in [1.165, 1.54) is 0 Å². The van der Waals surface area contributed by atoms with Crippen LogP contribution in [0.15, 0.2) is 47.2 Å². The molecule has 0 saturated heterocycles. The van der Waals surface area contributed by atoms with Gasteiger partial charge in [0, 0.05) is 11.9 Å². The number of amides is 1. The second kappa shape index (κ2) is 5.75. The van der Waals surface area contributed by atoms with E-state index < -0.39 is 0 Å². The zero-order valence-corrected chi connectivity index (χ0v) is 11.0. The fraction of sp³-hybridized carbons (Fsp3) is 0.0769. The van der Waals surface area contributed by atoms with Gasteiger partial charge in [-0.1, -0.05) is 12.1 Å². The fourth-order valence-electron chi connectivity index (χ4n) is 1.50. The van der Waals surface area contributed by atoms with Crippen LogP contribution in [0.5, 0.6) is 0 Å². The second-order valence-corrected chi connectivity index (χ2v) is 4.41. The van der Waals surface area contributed by atoms with Crippen LogP contribution in [0.1, 0.15) is 15.9 Å². The van der Waals surface area contributed by atoms with Gasteiger partial charge >= 0.3 is 0 Å². The lowest BCUT2D eigenvalue weighted by atomic mass is 10.2. The normalized spacial score (nSPS) is 10.1. The molecule has 4 nitrogen and oxygen atoms in total. The number of aliphatic hydroxyl groups excluding tert-OH is 1. The molecule has 1 aromatic carbocycles. The Balaban J connectivity index is 2.19. The van der Waals surface area contributed by atoms with E-state index in [0.717, 1.165) is 5.56 Å². The maximum Gasteiger partial charge on any atom is 0.258 e. The van der Waals surface area contributed by atoms with Crippen molar-refractivity contribution < 1.29 is 9.90 Å². The highest BCUT2D eigenvalue weighted by Gasteiger charge is 2.10. The predicted octanol–water partition coefficient (Wildman–Crippen LogP) is 2.59. The van der Waals surface area contributed by atoms with Crippen LogP contribution in [0.2, 0.25) is 0 Å². The van der Waals surface area contributed by atoms with Gasteiger partial charge in [0.25, 0.3) is 5.91 Å². The number of hydrogen-bond acceptors (Lipinski definition) is 3. The third kappa shape index (κ3) is 2.94. The molecule has 0 radical (unpaired) electrons. The highest BCUT2D eigenvalue weighted by atomic mass is 79.9. The Labute approximate surface area is 113 Å². The van der Waals surface area contributed by atoms with Gasteiger partial charge in [-0.05, 0) is 45.8 Å². The summed E-state index contributed by atoms with van der Waals surface area (Å²) in [7, 11) is 0. The Morgan fingerprint density at radius 2 is 2.17 bits per heavy atom. The first-order chi connectivity index (χ1) is 8.70. The lowest BCUT2D eigenvalue weighted by Crippen LogP contribution is -2.13.